The Morgan fingerprint density at radius 2 is 1.56 bits per heavy atom. The van der Waals surface area contributed by atoms with Gasteiger partial charge in [-0.05, 0) is 34.5 Å². The lowest BCUT2D eigenvalue weighted by Crippen LogP contribution is -2.42. The second kappa shape index (κ2) is 6.44. The number of aromatic nitrogens is 1. The van der Waals surface area contributed by atoms with Gasteiger partial charge in [0, 0.05) is 30.5 Å². The van der Waals surface area contributed by atoms with Crippen molar-refractivity contribution in [3.8, 4) is 0 Å². The van der Waals surface area contributed by atoms with Crippen molar-refractivity contribution in [2.75, 3.05) is 6.54 Å². The molecule has 3 heteroatoms. The lowest BCUT2D eigenvalue weighted by molar-refractivity contribution is 0.0666. The van der Waals surface area contributed by atoms with Gasteiger partial charge in [-0.3, -0.25) is 4.79 Å². The SMILES string of the molecule is O=C(c1cccc2ccccc12)N1CCn2cccc2C1c1ccccc1. The fourth-order valence-corrected chi connectivity index (χ4v) is 4.15. The van der Waals surface area contributed by atoms with Gasteiger partial charge in [-0.25, -0.2) is 0 Å². The monoisotopic (exact) mass is 352 g/mol. The Kier molecular flexibility index (Phi) is 3.79. The molecule has 1 unspecified atom stereocenters. The third-order valence-corrected chi connectivity index (χ3v) is 5.43. The maximum absolute atomic E-state index is 13.6. The first kappa shape index (κ1) is 15.9. The Morgan fingerprint density at radius 3 is 2.44 bits per heavy atom. The molecule has 1 amide bonds. The van der Waals surface area contributed by atoms with Crippen LogP contribution in [0.1, 0.15) is 27.7 Å². The summed E-state index contributed by atoms with van der Waals surface area (Å²) in [6.45, 7) is 1.52. The van der Waals surface area contributed by atoms with Gasteiger partial charge in [0.25, 0.3) is 5.91 Å². The van der Waals surface area contributed by atoms with E-state index >= 15 is 0 Å². The smallest absolute Gasteiger partial charge is 0.255 e. The molecule has 0 saturated heterocycles. The van der Waals surface area contributed by atoms with E-state index in [2.05, 4.69) is 47.2 Å². The van der Waals surface area contributed by atoms with Gasteiger partial charge in [-0.1, -0.05) is 66.7 Å². The van der Waals surface area contributed by atoms with Crippen molar-refractivity contribution < 1.29 is 4.79 Å². The molecule has 1 aromatic heterocycles. The normalized spacial score (nSPS) is 16.3. The number of fused-ring (bicyclic) bond motifs is 2. The first-order valence-electron chi connectivity index (χ1n) is 9.31. The summed E-state index contributed by atoms with van der Waals surface area (Å²) in [5.41, 5.74) is 3.08. The van der Waals surface area contributed by atoms with Crippen molar-refractivity contribution in [1.29, 1.82) is 0 Å². The van der Waals surface area contributed by atoms with Crippen molar-refractivity contribution in [3.05, 3.63) is 108 Å². The van der Waals surface area contributed by atoms with Gasteiger partial charge in [0.1, 0.15) is 0 Å². The highest BCUT2D eigenvalue weighted by Crippen LogP contribution is 2.34. The third-order valence-electron chi connectivity index (χ3n) is 5.43. The zero-order chi connectivity index (χ0) is 18.2. The van der Waals surface area contributed by atoms with Crippen LogP contribution in [0.4, 0.5) is 0 Å². The number of nitrogens with zero attached hydrogens (tertiary/aromatic N) is 2. The van der Waals surface area contributed by atoms with Crippen LogP contribution < -0.4 is 0 Å². The summed E-state index contributed by atoms with van der Waals surface area (Å²) < 4.78 is 2.25. The van der Waals surface area contributed by atoms with Crippen LogP contribution in [0.25, 0.3) is 10.8 Å². The molecule has 0 aliphatic carbocycles. The number of hydrogen-bond donors (Lipinski definition) is 0. The standard InChI is InChI=1S/C24H20N2O/c27-24(21-13-6-11-18-8-4-5-12-20(18)21)26-17-16-25-15-7-14-22(25)23(26)19-9-2-1-3-10-19/h1-15,23H,16-17H2. The Hall–Kier alpha value is -3.33. The molecule has 0 bridgehead atoms. The molecule has 3 nitrogen and oxygen atoms in total. The van der Waals surface area contributed by atoms with E-state index in [-0.39, 0.29) is 11.9 Å². The molecule has 0 saturated carbocycles. The molecule has 4 aromatic rings. The Balaban J connectivity index is 1.63. The van der Waals surface area contributed by atoms with E-state index in [0.29, 0.717) is 6.54 Å². The molecule has 1 aliphatic rings. The first-order valence-corrected chi connectivity index (χ1v) is 9.31. The topological polar surface area (TPSA) is 25.2 Å². The van der Waals surface area contributed by atoms with Crippen molar-refractivity contribution in [3.63, 3.8) is 0 Å². The molecule has 5 rings (SSSR count). The van der Waals surface area contributed by atoms with Crippen LogP contribution in [0.3, 0.4) is 0 Å². The summed E-state index contributed by atoms with van der Waals surface area (Å²) in [4.78, 5) is 15.7. The zero-order valence-corrected chi connectivity index (χ0v) is 15.0. The van der Waals surface area contributed by atoms with E-state index in [9.17, 15) is 4.79 Å². The van der Waals surface area contributed by atoms with Crippen LogP contribution in [0.2, 0.25) is 0 Å². The predicted molar refractivity (Wildman–Crippen MR) is 108 cm³/mol. The van der Waals surface area contributed by atoms with Gasteiger partial charge in [0.15, 0.2) is 0 Å². The third kappa shape index (κ3) is 2.63. The highest BCUT2D eigenvalue weighted by Gasteiger charge is 2.33. The van der Waals surface area contributed by atoms with Crippen molar-refractivity contribution in [2.24, 2.45) is 0 Å². The lowest BCUT2D eigenvalue weighted by Gasteiger charge is -2.37. The van der Waals surface area contributed by atoms with E-state index in [1.807, 2.05) is 53.4 Å². The van der Waals surface area contributed by atoms with E-state index in [0.717, 1.165) is 28.4 Å². The van der Waals surface area contributed by atoms with Gasteiger partial charge < -0.3 is 9.47 Å². The second-order valence-corrected chi connectivity index (χ2v) is 6.96. The van der Waals surface area contributed by atoms with Gasteiger partial charge >= 0.3 is 0 Å². The minimum Gasteiger partial charge on any atom is -0.348 e. The molecule has 0 N–H and O–H groups in total. The first-order chi connectivity index (χ1) is 13.3. The summed E-state index contributed by atoms with van der Waals surface area (Å²) >= 11 is 0. The molecule has 0 radical (unpaired) electrons. The van der Waals surface area contributed by atoms with Crippen molar-refractivity contribution >= 4 is 16.7 Å². The summed E-state index contributed by atoms with van der Waals surface area (Å²) in [5.74, 6) is 0.0908. The number of hydrogen-bond acceptors (Lipinski definition) is 1. The number of benzene rings is 3. The van der Waals surface area contributed by atoms with Gasteiger partial charge in [-0.2, -0.15) is 0 Å². The highest BCUT2D eigenvalue weighted by molar-refractivity contribution is 6.07. The number of amides is 1. The van der Waals surface area contributed by atoms with Gasteiger partial charge in [-0.15, -0.1) is 0 Å². The predicted octanol–water partition coefficient (Wildman–Crippen LogP) is 4.89. The summed E-state index contributed by atoms with van der Waals surface area (Å²) in [5, 5.41) is 2.11. The van der Waals surface area contributed by atoms with E-state index in [4.69, 9.17) is 0 Å². The van der Waals surface area contributed by atoms with Crippen LogP contribution >= 0.6 is 0 Å². The zero-order valence-electron chi connectivity index (χ0n) is 15.0. The molecule has 27 heavy (non-hydrogen) atoms. The van der Waals surface area contributed by atoms with E-state index < -0.39 is 0 Å². The van der Waals surface area contributed by atoms with Crippen LogP contribution in [-0.2, 0) is 6.54 Å². The van der Waals surface area contributed by atoms with Crippen molar-refractivity contribution in [1.82, 2.24) is 9.47 Å². The van der Waals surface area contributed by atoms with Crippen LogP contribution in [0, 0.1) is 0 Å². The Morgan fingerprint density at radius 1 is 0.778 bits per heavy atom. The largest absolute Gasteiger partial charge is 0.348 e. The van der Waals surface area contributed by atoms with E-state index in [1.165, 1.54) is 5.69 Å². The Bertz CT molecular complexity index is 1110. The second-order valence-electron chi connectivity index (χ2n) is 6.96. The summed E-state index contributed by atoms with van der Waals surface area (Å²) in [6.07, 6.45) is 2.10. The van der Waals surface area contributed by atoms with Crippen molar-refractivity contribution in [2.45, 2.75) is 12.6 Å². The van der Waals surface area contributed by atoms with Gasteiger partial charge in [0.05, 0.1) is 6.04 Å². The quantitative estimate of drug-likeness (QED) is 0.504. The minimum absolute atomic E-state index is 0.0681. The minimum atomic E-state index is -0.0681. The highest BCUT2D eigenvalue weighted by atomic mass is 16.2. The maximum Gasteiger partial charge on any atom is 0.255 e. The lowest BCUT2D eigenvalue weighted by atomic mass is 9.97. The van der Waals surface area contributed by atoms with Crippen LogP contribution in [-0.4, -0.2) is 21.9 Å². The average molecular weight is 352 g/mol. The van der Waals surface area contributed by atoms with E-state index in [1.54, 1.807) is 0 Å². The number of carbonyl (C=O) groups is 1. The molecule has 132 valence electrons. The summed E-state index contributed by atoms with van der Waals surface area (Å²) in [7, 11) is 0. The van der Waals surface area contributed by atoms with Gasteiger partial charge in [0.2, 0.25) is 0 Å². The summed E-state index contributed by atoms with van der Waals surface area (Å²) in [6, 6.07) is 28.5. The molecule has 0 fully saturated rings. The molecule has 1 aliphatic heterocycles. The molecular formula is C24H20N2O. The average Bonchev–Trinajstić information content (AvgIpc) is 3.21. The number of carbonyl (C=O) groups excluding carboxylic acids is 1. The molecule has 2 heterocycles. The van der Waals surface area contributed by atoms with Crippen LogP contribution in [0.15, 0.2) is 91.1 Å². The Labute approximate surface area is 158 Å². The molecule has 1 atom stereocenters. The fourth-order valence-electron chi connectivity index (χ4n) is 4.15. The number of rotatable bonds is 2. The fraction of sp³-hybridized carbons (Fsp3) is 0.125. The molecular weight excluding hydrogens is 332 g/mol. The molecule has 0 spiro atoms. The van der Waals surface area contributed by atoms with Crippen LogP contribution in [0.5, 0.6) is 0 Å². The maximum atomic E-state index is 13.6. The molecule has 3 aromatic carbocycles.